The summed E-state index contributed by atoms with van der Waals surface area (Å²) in [5.41, 5.74) is 8.44. The molecule has 2 aromatic carbocycles. The molecular weight excluding hydrogens is 300 g/mol. The van der Waals surface area contributed by atoms with E-state index in [-0.39, 0.29) is 5.91 Å². The molecule has 1 atom stereocenters. The van der Waals surface area contributed by atoms with E-state index in [1.807, 2.05) is 53.4 Å². The van der Waals surface area contributed by atoms with Gasteiger partial charge in [-0.1, -0.05) is 44.0 Å². The molecular formula is C20H24N2O2. The van der Waals surface area contributed by atoms with Crippen LogP contribution < -0.4 is 15.4 Å². The molecule has 0 fully saturated rings. The van der Waals surface area contributed by atoms with Gasteiger partial charge in [-0.2, -0.15) is 0 Å². The number of hydrogen-bond acceptors (Lipinski definition) is 3. The summed E-state index contributed by atoms with van der Waals surface area (Å²) >= 11 is 0. The summed E-state index contributed by atoms with van der Waals surface area (Å²) in [7, 11) is 0. The van der Waals surface area contributed by atoms with Crippen LogP contribution >= 0.6 is 0 Å². The van der Waals surface area contributed by atoms with E-state index in [0.29, 0.717) is 12.1 Å². The molecule has 0 aromatic heterocycles. The van der Waals surface area contributed by atoms with Gasteiger partial charge in [-0.05, 0) is 36.2 Å². The van der Waals surface area contributed by atoms with E-state index in [9.17, 15) is 4.79 Å². The molecule has 1 unspecified atom stereocenters. The van der Waals surface area contributed by atoms with Crippen LogP contribution in [-0.4, -0.2) is 18.6 Å². The van der Waals surface area contributed by atoms with Gasteiger partial charge in [0.1, 0.15) is 5.75 Å². The van der Waals surface area contributed by atoms with E-state index in [1.54, 1.807) is 0 Å². The first-order valence-corrected chi connectivity index (χ1v) is 8.60. The lowest BCUT2D eigenvalue weighted by molar-refractivity contribution is -0.126. The predicted molar refractivity (Wildman–Crippen MR) is 97.3 cm³/mol. The summed E-state index contributed by atoms with van der Waals surface area (Å²) in [6.45, 7) is 2.90. The van der Waals surface area contributed by atoms with Gasteiger partial charge >= 0.3 is 0 Å². The van der Waals surface area contributed by atoms with Crippen LogP contribution in [0.15, 0.2) is 48.5 Å². The van der Waals surface area contributed by atoms with Gasteiger partial charge in [0.25, 0.3) is 5.91 Å². The molecule has 1 aliphatic rings. The van der Waals surface area contributed by atoms with E-state index in [4.69, 9.17) is 10.5 Å². The number of fused-ring (bicyclic) bond motifs is 1. The molecule has 0 saturated carbocycles. The highest BCUT2D eigenvalue weighted by molar-refractivity contribution is 6.00. The standard InChI is InChI=1S/C20H24N2O2/c1-2-3-6-12-22-17-10-4-5-11-18(17)24-19(20(22)23)14-15-8-7-9-16(21)13-15/h4-5,7-11,13,19H,2-3,6,12,14,21H2,1H3. The molecule has 2 N–H and O–H groups in total. The van der Waals surface area contributed by atoms with Crippen LogP contribution in [-0.2, 0) is 11.2 Å². The van der Waals surface area contributed by atoms with E-state index >= 15 is 0 Å². The molecule has 3 rings (SSSR count). The van der Waals surface area contributed by atoms with E-state index in [1.165, 1.54) is 0 Å². The summed E-state index contributed by atoms with van der Waals surface area (Å²) < 4.78 is 5.99. The molecule has 24 heavy (non-hydrogen) atoms. The minimum atomic E-state index is -0.497. The molecule has 0 saturated heterocycles. The fourth-order valence-corrected chi connectivity index (χ4v) is 3.09. The SMILES string of the molecule is CCCCCN1C(=O)C(Cc2cccc(N)c2)Oc2ccccc21. The number of amides is 1. The minimum Gasteiger partial charge on any atom is -0.478 e. The number of benzene rings is 2. The Balaban J connectivity index is 1.83. The molecule has 0 spiro atoms. The topological polar surface area (TPSA) is 55.6 Å². The zero-order chi connectivity index (χ0) is 16.9. The van der Waals surface area contributed by atoms with Gasteiger partial charge in [-0.3, -0.25) is 4.79 Å². The van der Waals surface area contributed by atoms with Crippen molar-refractivity contribution in [3.05, 3.63) is 54.1 Å². The monoisotopic (exact) mass is 324 g/mol. The number of ether oxygens (including phenoxy) is 1. The number of carbonyl (C=O) groups is 1. The maximum absolute atomic E-state index is 12.9. The number of unbranched alkanes of at least 4 members (excludes halogenated alkanes) is 2. The van der Waals surface area contributed by atoms with Crippen molar-refractivity contribution in [3.8, 4) is 5.75 Å². The lowest BCUT2D eigenvalue weighted by Crippen LogP contribution is -2.47. The zero-order valence-electron chi connectivity index (χ0n) is 14.1. The molecule has 0 aliphatic carbocycles. The number of hydrogen-bond donors (Lipinski definition) is 1. The van der Waals surface area contributed by atoms with Gasteiger partial charge in [0, 0.05) is 18.7 Å². The summed E-state index contributed by atoms with van der Waals surface area (Å²) in [5.74, 6) is 0.815. The average molecular weight is 324 g/mol. The fraction of sp³-hybridized carbons (Fsp3) is 0.350. The lowest BCUT2D eigenvalue weighted by Gasteiger charge is -2.34. The van der Waals surface area contributed by atoms with Gasteiger partial charge in [-0.15, -0.1) is 0 Å². The van der Waals surface area contributed by atoms with E-state index in [0.717, 1.165) is 42.8 Å². The van der Waals surface area contributed by atoms with Crippen LogP contribution in [0.5, 0.6) is 5.75 Å². The van der Waals surface area contributed by atoms with Gasteiger partial charge in [0.2, 0.25) is 0 Å². The number of carbonyl (C=O) groups excluding carboxylic acids is 1. The first kappa shape index (κ1) is 16.4. The van der Waals surface area contributed by atoms with Crippen LogP contribution in [0, 0.1) is 0 Å². The summed E-state index contributed by atoms with van der Waals surface area (Å²) in [4.78, 5) is 14.8. The molecule has 4 heteroatoms. The highest BCUT2D eigenvalue weighted by Gasteiger charge is 2.33. The fourth-order valence-electron chi connectivity index (χ4n) is 3.09. The third-order valence-electron chi connectivity index (χ3n) is 4.32. The van der Waals surface area contributed by atoms with Crippen molar-refractivity contribution < 1.29 is 9.53 Å². The first-order valence-electron chi connectivity index (χ1n) is 8.60. The molecule has 0 bridgehead atoms. The molecule has 1 aliphatic heterocycles. The van der Waals surface area contributed by atoms with Gasteiger partial charge < -0.3 is 15.4 Å². The van der Waals surface area contributed by atoms with Crippen molar-refractivity contribution in [3.63, 3.8) is 0 Å². The molecule has 0 radical (unpaired) electrons. The largest absolute Gasteiger partial charge is 0.478 e. The van der Waals surface area contributed by atoms with Crippen molar-refractivity contribution in [1.82, 2.24) is 0 Å². The maximum Gasteiger partial charge on any atom is 0.268 e. The minimum absolute atomic E-state index is 0.0345. The number of rotatable bonds is 6. The Morgan fingerprint density at radius 2 is 1.96 bits per heavy atom. The van der Waals surface area contributed by atoms with Crippen LogP contribution in [0.1, 0.15) is 31.7 Å². The Labute approximate surface area is 143 Å². The van der Waals surface area contributed by atoms with Crippen molar-refractivity contribution in [1.29, 1.82) is 0 Å². The number of nitrogens with two attached hydrogens (primary N) is 1. The van der Waals surface area contributed by atoms with Gasteiger partial charge in [-0.25, -0.2) is 0 Å². The van der Waals surface area contributed by atoms with E-state index < -0.39 is 6.10 Å². The summed E-state index contributed by atoms with van der Waals surface area (Å²) in [6, 6.07) is 15.4. The average Bonchev–Trinajstić information content (AvgIpc) is 2.58. The second kappa shape index (κ2) is 7.39. The number of nitrogen functional groups attached to an aromatic ring is 1. The van der Waals surface area contributed by atoms with Crippen LogP contribution in [0.4, 0.5) is 11.4 Å². The third-order valence-corrected chi connectivity index (χ3v) is 4.32. The van der Waals surface area contributed by atoms with Crippen LogP contribution in [0.2, 0.25) is 0 Å². The Bertz CT molecular complexity index is 714. The van der Waals surface area contributed by atoms with Crippen LogP contribution in [0.25, 0.3) is 0 Å². The van der Waals surface area contributed by atoms with Crippen LogP contribution in [0.3, 0.4) is 0 Å². The molecule has 126 valence electrons. The van der Waals surface area contributed by atoms with Crippen molar-refractivity contribution in [2.24, 2.45) is 0 Å². The third kappa shape index (κ3) is 3.53. The smallest absolute Gasteiger partial charge is 0.268 e. The molecule has 1 amide bonds. The highest BCUT2D eigenvalue weighted by Crippen LogP contribution is 2.34. The summed E-state index contributed by atoms with van der Waals surface area (Å²) in [5, 5.41) is 0. The Morgan fingerprint density at radius 1 is 1.12 bits per heavy atom. The molecule has 4 nitrogen and oxygen atoms in total. The second-order valence-electron chi connectivity index (χ2n) is 6.22. The van der Waals surface area contributed by atoms with Crippen molar-refractivity contribution in [2.45, 2.75) is 38.7 Å². The number of nitrogens with zero attached hydrogens (tertiary/aromatic N) is 1. The molecule has 2 aromatic rings. The van der Waals surface area contributed by atoms with Gasteiger partial charge in [0.15, 0.2) is 6.10 Å². The quantitative estimate of drug-likeness (QED) is 0.649. The highest BCUT2D eigenvalue weighted by atomic mass is 16.5. The predicted octanol–water partition coefficient (Wildman–Crippen LogP) is 3.80. The Morgan fingerprint density at radius 3 is 2.75 bits per heavy atom. The van der Waals surface area contributed by atoms with Gasteiger partial charge in [0.05, 0.1) is 5.69 Å². The Hall–Kier alpha value is -2.49. The number of para-hydroxylation sites is 2. The first-order chi connectivity index (χ1) is 11.7. The normalized spacial score (nSPS) is 16.6. The van der Waals surface area contributed by atoms with Crippen molar-refractivity contribution >= 4 is 17.3 Å². The van der Waals surface area contributed by atoms with Crippen molar-refractivity contribution in [2.75, 3.05) is 17.2 Å². The maximum atomic E-state index is 12.9. The number of anilines is 2. The second-order valence-corrected chi connectivity index (χ2v) is 6.22. The van der Waals surface area contributed by atoms with E-state index in [2.05, 4.69) is 6.92 Å². The Kier molecular flexibility index (Phi) is 5.04. The summed E-state index contributed by atoms with van der Waals surface area (Å²) in [6.07, 6.45) is 3.28. The lowest BCUT2D eigenvalue weighted by atomic mass is 10.0. The molecule has 1 heterocycles. The zero-order valence-corrected chi connectivity index (χ0v) is 14.1.